The summed E-state index contributed by atoms with van der Waals surface area (Å²) in [5.41, 5.74) is 0. The van der Waals surface area contributed by atoms with Crippen molar-refractivity contribution in [2.75, 3.05) is 6.61 Å². The molecule has 0 aromatic carbocycles. The third-order valence-corrected chi connectivity index (χ3v) is 1.85. The summed E-state index contributed by atoms with van der Waals surface area (Å²) < 4.78 is 0. The lowest BCUT2D eigenvalue weighted by Crippen LogP contribution is -2.12. The fraction of sp³-hybridized carbons (Fsp3) is 0.700. The van der Waals surface area contributed by atoms with Crippen LogP contribution in [-0.2, 0) is 4.79 Å². The van der Waals surface area contributed by atoms with E-state index in [-0.39, 0.29) is 18.3 Å². The molecule has 12 heavy (non-hydrogen) atoms. The molecule has 1 atom stereocenters. The summed E-state index contributed by atoms with van der Waals surface area (Å²) in [5, 5.41) is 8.65. The largest absolute Gasteiger partial charge is 0.396 e. The van der Waals surface area contributed by atoms with Crippen LogP contribution in [0.25, 0.3) is 0 Å². The number of hydrogen-bond donors (Lipinski definition) is 1. The fourth-order valence-corrected chi connectivity index (χ4v) is 1.08. The number of carbonyl (C=O) groups is 1. The van der Waals surface area contributed by atoms with Gasteiger partial charge in [-0.15, -0.1) is 11.8 Å². The van der Waals surface area contributed by atoms with Gasteiger partial charge in [-0.25, -0.2) is 0 Å². The normalized spacial score (nSPS) is 11.6. The van der Waals surface area contributed by atoms with Gasteiger partial charge in [-0.2, -0.15) is 0 Å². The molecule has 0 aliphatic rings. The summed E-state index contributed by atoms with van der Waals surface area (Å²) in [6.07, 6.45) is 2.10. The zero-order chi connectivity index (χ0) is 9.40. The highest BCUT2D eigenvalue weighted by atomic mass is 16.3. The average molecular weight is 168 g/mol. The van der Waals surface area contributed by atoms with Gasteiger partial charge in [0, 0.05) is 18.9 Å². The Bertz CT molecular complexity index is 186. The molecular weight excluding hydrogens is 152 g/mol. The van der Waals surface area contributed by atoms with E-state index in [9.17, 15) is 4.79 Å². The Kier molecular flexibility index (Phi) is 6.41. The molecule has 0 saturated heterocycles. The zero-order valence-corrected chi connectivity index (χ0v) is 7.76. The van der Waals surface area contributed by atoms with Crippen LogP contribution >= 0.6 is 0 Å². The third kappa shape index (κ3) is 4.92. The SMILES string of the molecule is CC#CCCC(CCO)C(C)=O. The van der Waals surface area contributed by atoms with E-state index in [1.54, 1.807) is 13.8 Å². The first-order valence-corrected chi connectivity index (χ1v) is 4.23. The van der Waals surface area contributed by atoms with Crippen LogP contribution in [0.15, 0.2) is 0 Å². The molecule has 0 aromatic heterocycles. The van der Waals surface area contributed by atoms with Crippen LogP contribution in [0, 0.1) is 17.8 Å². The molecule has 1 unspecified atom stereocenters. The first-order valence-electron chi connectivity index (χ1n) is 4.23. The average Bonchev–Trinajstić information content (AvgIpc) is 2.03. The molecule has 0 aliphatic carbocycles. The van der Waals surface area contributed by atoms with Gasteiger partial charge in [0.05, 0.1) is 0 Å². The van der Waals surface area contributed by atoms with E-state index in [4.69, 9.17) is 5.11 Å². The van der Waals surface area contributed by atoms with E-state index < -0.39 is 0 Å². The maximum Gasteiger partial charge on any atom is 0.133 e. The molecule has 2 nitrogen and oxygen atoms in total. The summed E-state index contributed by atoms with van der Waals surface area (Å²) in [4.78, 5) is 11.0. The maximum atomic E-state index is 11.0. The van der Waals surface area contributed by atoms with E-state index in [1.165, 1.54) is 0 Å². The van der Waals surface area contributed by atoms with Crippen LogP contribution in [-0.4, -0.2) is 17.5 Å². The van der Waals surface area contributed by atoms with Gasteiger partial charge in [0.1, 0.15) is 5.78 Å². The second-order valence-corrected chi connectivity index (χ2v) is 2.79. The number of carbonyl (C=O) groups excluding carboxylic acids is 1. The number of aliphatic hydroxyl groups excluding tert-OH is 1. The van der Waals surface area contributed by atoms with Gasteiger partial charge < -0.3 is 5.11 Å². The number of rotatable bonds is 5. The number of ketones is 1. The van der Waals surface area contributed by atoms with Gasteiger partial charge in [-0.05, 0) is 26.7 Å². The van der Waals surface area contributed by atoms with Crippen molar-refractivity contribution in [3.05, 3.63) is 0 Å². The standard InChI is InChI=1S/C10H16O2/c1-3-4-5-6-10(7-8-11)9(2)12/h10-11H,5-8H2,1-2H3. The molecule has 2 heteroatoms. The highest BCUT2D eigenvalue weighted by Gasteiger charge is 2.11. The van der Waals surface area contributed by atoms with E-state index in [0.717, 1.165) is 12.8 Å². The second kappa shape index (κ2) is 6.87. The van der Waals surface area contributed by atoms with Gasteiger partial charge in [0.25, 0.3) is 0 Å². The topological polar surface area (TPSA) is 37.3 Å². The lowest BCUT2D eigenvalue weighted by molar-refractivity contribution is -0.121. The van der Waals surface area contributed by atoms with Crippen LogP contribution in [0.5, 0.6) is 0 Å². The summed E-state index contributed by atoms with van der Waals surface area (Å²) in [6.45, 7) is 3.44. The summed E-state index contributed by atoms with van der Waals surface area (Å²) in [6, 6.07) is 0. The monoisotopic (exact) mass is 168 g/mol. The summed E-state index contributed by atoms with van der Waals surface area (Å²) in [5.74, 6) is 5.84. The predicted octanol–water partition coefficient (Wildman–Crippen LogP) is 1.38. The van der Waals surface area contributed by atoms with Gasteiger partial charge >= 0.3 is 0 Å². The maximum absolute atomic E-state index is 11.0. The Hall–Kier alpha value is -0.810. The number of hydrogen-bond acceptors (Lipinski definition) is 2. The molecule has 0 saturated carbocycles. The Morgan fingerprint density at radius 2 is 2.17 bits per heavy atom. The molecular formula is C10H16O2. The van der Waals surface area contributed by atoms with Gasteiger partial charge in [-0.1, -0.05) is 0 Å². The minimum atomic E-state index is -0.00384. The molecule has 0 spiro atoms. The minimum absolute atomic E-state index is 0.00384. The van der Waals surface area contributed by atoms with Crippen molar-refractivity contribution in [1.29, 1.82) is 0 Å². The van der Waals surface area contributed by atoms with Crippen molar-refractivity contribution < 1.29 is 9.90 Å². The molecule has 0 aliphatic heterocycles. The first-order chi connectivity index (χ1) is 5.72. The first kappa shape index (κ1) is 11.2. The van der Waals surface area contributed by atoms with Crippen molar-refractivity contribution in [2.45, 2.75) is 33.1 Å². The Morgan fingerprint density at radius 3 is 2.58 bits per heavy atom. The third-order valence-electron chi connectivity index (χ3n) is 1.85. The number of Topliss-reactive ketones (excluding diaryl/α,β-unsaturated/α-hetero) is 1. The Balaban J connectivity index is 3.76. The fourth-order valence-electron chi connectivity index (χ4n) is 1.08. The Labute approximate surface area is 74.0 Å². The van der Waals surface area contributed by atoms with Crippen LogP contribution in [0.3, 0.4) is 0 Å². The molecule has 1 N–H and O–H groups in total. The number of aliphatic hydroxyl groups is 1. The van der Waals surface area contributed by atoms with Crippen molar-refractivity contribution in [3.8, 4) is 11.8 Å². The predicted molar refractivity (Wildman–Crippen MR) is 48.6 cm³/mol. The van der Waals surface area contributed by atoms with Crippen LogP contribution in [0.2, 0.25) is 0 Å². The molecule has 0 bridgehead atoms. The lowest BCUT2D eigenvalue weighted by atomic mass is 9.96. The van der Waals surface area contributed by atoms with Gasteiger partial charge in [0.15, 0.2) is 0 Å². The van der Waals surface area contributed by atoms with Crippen LogP contribution < -0.4 is 0 Å². The van der Waals surface area contributed by atoms with E-state index in [2.05, 4.69) is 11.8 Å². The van der Waals surface area contributed by atoms with Crippen molar-refractivity contribution in [1.82, 2.24) is 0 Å². The van der Waals surface area contributed by atoms with Crippen molar-refractivity contribution >= 4 is 5.78 Å². The molecule has 0 radical (unpaired) electrons. The lowest BCUT2D eigenvalue weighted by Gasteiger charge is -2.09. The van der Waals surface area contributed by atoms with Gasteiger partial charge in [-0.3, -0.25) is 4.79 Å². The molecule has 0 amide bonds. The summed E-state index contributed by atoms with van der Waals surface area (Å²) >= 11 is 0. The molecule has 0 aromatic rings. The highest BCUT2D eigenvalue weighted by Crippen LogP contribution is 2.11. The van der Waals surface area contributed by atoms with Crippen molar-refractivity contribution in [2.24, 2.45) is 5.92 Å². The van der Waals surface area contributed by atoms with Crippen molar-refractivity contribution in [3.63, 3.8) is 0 Å². The molecule has 68 valence electrons. The summed E-state index contributed by atoms with van der Waals surface area (Å²) in [7, 11) is 0. The highest BCUT2D eigenvalue weighted by molar-refractivity contribution is 5.78. The van der Waals surface area contributed by atoms with Gasteiger partial charge in [0.2, 0.25) is 0 Å². The minimum Gasteiger partial charge on any atom is -0.396 e. The smallest absolute Gasteiger partial charge is 0.133 e. The molecule has 0 heterocycles. The quantitative estimate of drug-likeness (QED) is 0.630. The van der Waals surface area contributed by atoms with Crippen LogP contribution in [0.4, 0.5) is 0 Å². The molecule has 0 fully saturated rings. The zero-order valence-electron chi connectivity index (χ0n) is 7.76. The Morgan fingerprint density at radius 1 is 1.50 bits per heavy atom. The van der Waals surface area contributed by atoms with E-state index in [0.29, 0.717) is 6.42 Å². The second-order valence-electron chi connectivity index (χ2n) is 2.79. The van der Waals surface area contributed by atoms with E-state index in [1.807, 2.05) is 0 Å². The molecule has 0 rings (SSSR count). The van der Waals surface area contributed by atoms with E-state index >= 15 is 0 Å². The van der Waals surface area contributed by atoms with Crippen LogP contribution in [0.1, 0.15) is 33.1 Å².